The fourth-order valence-electron chi connectivity index (χ4n) is 1.42. The van der Waals surface area contributed by atoms with Gasteiger partial charge in [-0.15, -0.1) is 0 Å². The maximum Gasteiger partial charge on any atom is 0.335 e. The van der Waals surface area contributed by atoms with Gasteiger partial charge in [0.05, 0.1) is 12.1 Å². The van der Waals surface area contributed by atoms with Gasteiger partial charge >= 0.3 is 5.97 Å². The summed E-state index contributed by atoms with van der Waals surface area (Å²) >= 11 is 0. The van der Waals surface area contributed by atoms with E-state index >= 15 is 0 Å². The molecule has 6 heteroatoms. The van der Waals surface area contributed by atoms with Gasteiger partial charge in [0, 0.05) is 12.4 Å². The second-order valence-corrected chi connectivity index (χ2v) is 3.68. The average molecular weight is 259 g/mol. The van der Waals surface area contributed by atoms with Crippen molar-refractivity contribution in [3.63, 3.8) is 0 Å². The van der Waals surface area contributed by atoms with Gasteiger partial charge in [0.1, 0.15) is 12.4 Å². The third-order valence-electron chi connectivity index (χ3n) is 2.32. The second-order valence-electron chi connectivity index (χ2n) is 3.68. The summed E-state index contributed by atoms with van der Waals surface area (Å²) in [6, 6.07) is 8.01. The van der Waals surface area contributed by atoms with Gasteiger partial charge in [-0.2, -0.15) is 0 Å². The third kappa shape index (κ3) is 3.95. The number of carboxylic acid groups (broad SMARTS) is 1. The minimum Gasteiger partial charge on any atom is -0.492 e. The van der Waals surface area contributed by atoms with Crippen LogP contribution in [0.2, 0.25) is 0 Å². The van der Waals surface area contributed by atoms with Crippen molar-refractivity contribution in [3.8, 4) is 5.75 Å². The highest BCUT2D eigenvalue weighted by atomic mass is 16.5. The van der Waals surface area contributed by atoms with Crippen LogP contribution in [0.25, 0.3) is 0 Å². The Morgan fingerprint density at radius 2 is 1.89 bits per heavy atom. The number of aromatic carboxylic acids is 1. The molecule has 0 fully saturated rings. The Morgan fingerprint density at radius 3 is 2.53 bits per heavy atom. The van der Waals surface area contributed by atoms with Crippen molar-refractivity contribution in [1.82, 2.24) is 9.97 Å². The van der Waals surface area contributed by atoms with Crippen molar-refractivity contribution in [1.29, 1.82) is 0 Å². The third-order valence-corrected chi connectivity index (χ3v) is 2.32. The van der Waals surface area contributed by atoms with Crippen molar-refractivity contribution in [2.75, 3.05) is 18.5 Å². The SMILES string of the molecule is O=C(O)c1ccc(OCCNc2ncccn2)cc1. The number of aromatic nitrogens is 2. The van der Waals surface area contributed by atoms with Gasteiger partial charge in [-0.25, -0.2) is 14.8 Å². The highest BCUT2D eigenvalue weighted by Gasteiger charge is 2.01. The van der Waals surface area contributed by atoms with Crippen LogP contribution in [0.3, 0.4) is 0 Å². The minimum absolute atomic E-state index is 0.239. The molecule has 98 valence electrons. The summed E-state index contributed by atoms with van der Waals surface area (Å²) in [7, 11) is 0. The maximum absolute atomic E-state index is 10.7. The number of nitrogens with one attached hydrogen (secondary N) is 1. The normalized spacial score (nSPS) is 9.89. The molecule has 0 radical (unpaired) electrons. The van der Waals surface area contributed by atoms with E-state index in [0.717, 1.165) is 0 Å². The summed E-state index contributed by atoms with van der Waals surface area (Å²) in [5.74, 6) is 0.225. The van der Waals surface area contributed by atoms with Gasteiger partial charge in [-0.3, -0.25) is 0 Å². The molecule has 0 unspecified atom stereocenters. The smallest absolute Gasteiger partial charge is 0.335 e. The van der Waals surface area contributed by atoms with Crippen LogP contribution in [0, 0.1) is 0 Å². The molecule has 2 N–H and O–H groups in total. The molecule has 2 aromatic rings. The van der Waals surface area contributed by atoms with E-state index in [-0.39, 0.29) is 5.56 Å². The quantitative estimate of drug-likeness (QED) is 0.767. The first kappa shape index (κ1) is 12.8. The first-order valence-corrected chi connectivity index (χ1v) is 5.73. The number of anilines is 1. The molecule has 0 aliphatic rings. The number of rotatable bonds is 6. The minimum atomic E-state index is -0.950. The summed E-state index contributed by atoms with van der Waals surface area (Å²) in [6.07, 6.45) is 3.31. The Kier molecular flexibility index (Phi) is 4.28. The van der Waals surface area contributed by atoms with Crippen molar-refractivity contribution in [2.45, 2.75) is 0 Å². The van der Waals surface area contributed by atoms with Crippen LogP contribution < -0.4 is 10.1 Å². The van der Waals surface area contributed by atoms with Crippen LogP contribution in [-0.2, 0) is 0 Å². The molecule has 0 spiro atoms. The lowest BCUT2D eigenvalue weighted by molar-refractivity contribution is 0.0697. The zero-order chi connectivity index (χ0) is 13.5. The van der Waals surface area contributed by atoms with Crippen LogP contribution in [0.4, 0.5) is 5.95 Å². The Labute approximate surface area is 110 Å². The number of carbonyl (C=O) groups is 1. The predicted molar refractivity (Wildman–Crippen MR) is 69.4 cm³/mol. The van der Waals surface area contributed by atoms with E-state index in [1.54, 1.807) is 30.6 Å². The molecule has 19 heavy (non-hydrogen) atoms. The van der Waals surface area contributed by atoms with E-state index in [4.69, 9.17) is 9.84 Å². The lowest BCUT2D eigenvalue weighted by atomic mass is 10.2. The molecule has 6 nitrogen and oxygen atoms in total. The van der Waals surface area contributed by atoms with Gasteiger partial charge in [0.15, 0.2) is 0 Å². The lowest BCUT2D eigenvalue weighted by Gasteiger charge is -2.07. The van der Waals surface area contributed by atoms with E-state index in [9.17, 15) is 4.79 Å². The summed E-state index contributed by atoms with van der Waals surface area (Å²) in [6.45, 7) is 0.995. The number of ether oxygens (including phenoxy) is 1. The fourth-order valence-corrected chi connectivity index (χ4v) is 1.42. The molecule has 0 amide bonds. The van der Waals surface area contributed by atoms with Gasteiger partial charge < -0.3 is 15.2 Å². The van der Waals surface area contributed by atoms with Crippen molar-refractivity contribution >= 4 is 11.9 Å². The van der Waals surface area contributed by atoms with Gasteiger partial charge in [-0.05, 0) is 30.3 Å². The number of benzene rings is 1. The predicted octanol–water partition coefficient (Wildman–Crippen LogP) is 1.67. The van der Waals surface area contributed by atoms with Crippen LogP contribution in [-0.4, -0.2) is 34.2 Å². The highest BCUT2D eigenvalue weighted by molar-refractivity contribution is 5.87. The molecule has 0 aliphatic carbocycles. The Morgan fingerprint density at radius 1 is 1.21 bits per heavy atom. The van der Waals surface area contributed by atoms with Crippen LogP contribution in [0.15, 0.2) is 42.7 Å². The van der Waals surface area contributed by atoms with Gasteiger partial charge in [0.2, 0.25) is 5.95 Å². The topological polar surface area (TPSA) is 84.3 Å². The maximum atomic E-state index is 10.7. The van der Waals surface area contributed by atoms with Crippen molar-refractivity contribution < 1.29 is 14.6 Å². The number of hydrogen-bond acceptors (Lipinski definition) is 5. The van der Waals surface area contributed by atoms with Crippen LogP contribution in [0.5, 0.6) is 5.75 Å². The number of hydrogen-bond donors (Lipinski definition) is 2. The average Bonchev–Trinajstić information content (AvgIpc) is 2.45. The first-order chi connectivity index (χ1) is 9.25. The highest BCUT2D eigenvalue weighted by Crippen LogP contribution is 2.11. The van der Waals surface area contributed by atoms with E-state index in [1.807, 2.05) is 0 Å². The lowest BCUT2D eigenvalue weighted by Crippen LogP contribution is -2.13. The Balaban J connectivity index is 1.75. The zero-order valence-electron chi connectivity index (χ0n) is 10.1. The van der Waals surface area contributed by atoms with E-state index in [1.165, 1.54) is 12.1 Å². The van der Waals surface area contributed by atoms with Crippen LogP contribution >= 0.6 is 0 Å². The molecule has 0 aliphatic heterocycles. The number of carboxylic acids is 1. The summed E-state index contributed by atoms with van der Waals surface area (Å²) in [5, 5.41) is 11.8. The zero-order valence-corrected chi connectivity index (χ0v) is 10.1. The molecule has 2 rings (SSSR count). The fraction of sp³-hybridized carbons (Fsp3) is 0.154. The summed E-state index contributed by atoms with van der Waals surface area (Å²) < 4.78 is 5.45. The largest absolute Gasteiger partial charge is 0.492 e. The first-order valence-electron chi connectivity index (χ1n) is 5.73. The molecular formula is C13H13N3O3. The molecule has 1 aromatic heterocycles. The van der Waals surface area contributed by atoms with Gasteiger partial charge in [0.25, 0.3) is 0 Å². The van der Waals surface area contributed by atoms with Crippen LogP contribution in [0.1, 0.15) is 10.4 Å². The number of nitrogens with zero attached hydrogens (tertiary/aromatic N) is 2. The molecule has 0 bridgehead atoms. The van der Waals surface area contributed by atoms with Gasteiger partial charge in [-0.1, -0.05) is 0 Å². The molecule has 0 atom stereocenters. The van der Waals surface area contributed by atoms with Crippen molar-refractivity contribution in [3.05, 3.63) is 48.3 Å². The molecule has 0 saturated carbocycles. The molecule has 0 saturated heterocycles. The molecular weight excluding hydrogens is 246 g/mol. The van der Waals surface area contributed by atoms with Crippen molar-refractivity contribution in [2.24, 2.45) is 0 Å². The summed E-state index contributed by atoms with van der Waals surface area (Å²) in [5.41, 5.74) is 0.239. The van der Waals surface area contributed by atoms with E-state index in [0.29, 0.717) is 24.8 Å². The molecule has 1 heterocycles. The summed E-state index contributed by atoms with van der Waals surface area (Å²) in [4.78, 5) is 18.7. The monoisotopic (exact) mass is 259 g/mol. The Hall–Kier alpha value is -2.63. The molecule has 1 aromatic carbocycles. The standard InChI is InChI=1S/C13H13N3O3/c17-12(18)10-2-4-11(5-3-10)19-9-8-16-13-14-6-1-7-15-13/h1-7H,8-9H2,(H,17,18)(H,14,15,16). The van der Waals surface area contributed by atoms with E-state index < -0.39 is 5.97 Å². The second kappa shape index (κ2) is 6.34. The van der Waals surface area contributed by atoms with E-state index in [2.05, 4.69) is 15.3 Å². The Bertz CT molecular complexity index is 529.